The van der Waals surface area contributed by atoms with Crippen molar-refractivity contribution in [2.24, 2.45) is 22.7 Å². The second kappa shape index (κ2) is 7.56. The van der Waals surface area contributed by atoms with Gasteiger partial charge in [-0.3, -0.25) is 9.59 Å². The van der Waals surface area contributed by atoms with Crippen LogP contribution in [0.3, 0.4) is 0 Å². The van der Waals surface area contributed by atoms with Crippen LogP contribution in [-0.4, -0.2) is 24.3 Å². The Bertz CT molecular complexity index is 842. The number of esters is 2. The first kappa shape index (κ1) is 21.2. The van der Waals surface area contributed by atoms with E-state index in [-0.39, 0.29) is 41.4 Å². The van der Waals surface area contributed by atoms with Gasteiger partial charge in [0, 0.05) is 30.7 Å². The van der Waals surface area contributed by atoms with E-state index in [1.807, 2.05) is 6.07 Å². The van der Waals surface area contributed by atoms with Crippen molar-refractivity contribution in [2.45, 2.75) is 78.8 Å². The van der Waals surface area contributed by atoms with Gasteiger partial charge in [0.25, 0.3) is 0 Å². The summed E-state index contributed by atoms with van der Waals surface area (Å²) >= 11 is 0. The normalized spacial score (nSPS) is 40.6. The van der Waals surface area contributed by atoms with Gasteiger partial charge in [-0.2, -0.15) is 0 Å². The molecule has 2 fully saturated rings. The molecule has 4 rings (SSSR count). The standard InChI is InChI=1S/C24H32O6/c1-14-7-6-8-21-23(14,5)11-19(28-16(3)25)15(2)24(21)12-20(18-9-10-27-13-18)30-22(24)29-17(4)26/h7,9-10,13,15,19-22H,6,8,11-12H2,1-5H3. The minimum absolute atomic E-state index is 0.0216. The highest BCUT2D eigenvalue weighted by Gasteiger charge is 2.67. The fraction of sp³-hybridized carbons (Fsp3) is 0.667. The highest BCUT2D eigenvalue weighted by atomic mass is 16.7. The molecule has 1 aliphatic heterocycles. The van der Waals surface area contributed by atoms with Crippen molar-refractivity contribution in [3.8, 4) is 0 Å². The fourth-order valence-electron chi connectivity index (χ4n) is 6.46. The minimum atomic E-state index is -0.696. The van der Waals surface area contributed by atoms with Gasteiger partial charge in [0.1, 0.15) is 6.10 Å². The Balaban J connectivity index is 1.83. The lowest BCUT2D eigenvalue weighted by Crippen LogP contribution is -2.60. The molecule has 3 aliphatic rings. The van der Waals surface area contributed by atoms with E-state index in [0.29, 0.717) is 6.42 Å². The first-order valence-electron chi connectivity index (χ1n) is 10.9. The highest BCUT2D eigenvalue weighted by molar-refractivity contribution is 5.66. The Morgan fingerprint density at radius 1 is 1.17 bits per heavy atom. The first-order valence-corrected chi connectivity index (χ1v) is 10.9. The van der Waals surface area contributed by atoms with Gasteiger partial charge in [-0.15, -0.1) is 0 Å². The van der Waals surface area contributed by atoms with Gasteiger partial charge in [-0.1, -0.05) is 25.5 Å². The molecular weight excluding hydrogens is 384 g/mol. The molecule has 164 valence electrons. The SMILES string of the molecule is CC(=O)OC1CC2(C)C(C)=CCCC2C2(CC(c3ccoc3)OC2OC(C)=O)C1C. The van der Waals surface area contributed by atoms with Gasteiger partial charge in [-0.25, -0.2) is 0 Å². The average Bonchev–Trinajstić information content (AvgIpc) is 3.30. The number of hydrogen-bond donors (Lipinski definition) is 0. The number of furan rings is 1. The smallest absolute Gasteiger partial charge is 0.304 e. The zero-order valence-electron chi connectivity index (χ0n) is 18.5. The zero-order chi connectivity index (χ0) is 21.7. The van der Waals surface area contributed by atoms with E-state index >= 15 is 0 Å². The van der Waals surface area contributed by atoms with E-state index in [4.69, 9.17) is 18.6 Å². The summed E-state index contributed by atoms with van der Waals surface area (Å²) in [6.45, 7) is 9.44. The number of rotatable bonds is 3. The number of allylic oxidation sites excluding steroid dienone is 2. The summed E-state index contributed by atoms with van der Waals surface area (Å²) < 4.78 is 23.4. The molecule has 2 heterocycles. The molecule has 1 spiro atoms. The van der Waals surface area contributed by atoms with Gasteiger partial charge >= 0.3 is 11.9 Å². The molecule has 0 amide bonds. The lowest BCUT2D eigenvalue weighted by molar-refractivity contribution is -0.237. The van der Waals surface area contributed by atoms with Crippen LogP contribution in [0.1, 0.15) is 72.0 Å². The maximum Gasteiger partial charge on any atom is 0.304 e. The van der Waals surface area contributed by atoms with Crippen LogP contribution >= 0.6 is 0 Å². The molecule has 6 heteroatoms. The van der Waals surface area contributed by atoms with E-state index in [1.165, 1.54) is 19.4 Å². The van der Waals surface area contributed by atoms with Crippen LogP contribution in [0, 0.1) is 22.7 Å². The van der Waals surface area contributed by atoms with Crippen LogP contribution in [-0.2, 0) is 23.8 Å². The van der Waals surface area contributed by atoms with Crippen LogP contribution in [0.5, 0.6) is 0 Å². The van der Waals surface area contributed by atoms with E-state index in [1.54, 1.807) is 12.5 Å². The number of carbonyl (C=O) groups excluding carboxylic acids is 2. The third kappa shape index (κ3) is 3.20. The van der Waals surface area contributed by atoms with Crippen LogP contribution < -0.4 is 0 Å². The third-order valence-corrected chi connectivity index (χ3v) is 8.03. The molecule has 0 bridgehead atoms. The molecule has 1 aromatic rings. The number of ether oxygens (including phenoxy) is 3. The Morgan fingerprint density at radius 3 is 2.53 bits per heavy atom. The van der Waals surface area contributed by atoms with Gasteiger partial charge in [0.15, 0.2) is 0 Å². The van der Waals surface area contributed by atoms with Crippen molar-refractivity contribution in [3.05, 3.63) is 35.8 Å². The number of carbonyl (C=O) groups is 2. The summed E-state index contributed by atoms with van der Waals surface area (Å²) in [4.78, 5) is 24.0. The predicted octanol–water partition coefficient (Wildman–Crippen LogP) is 4.95. The quantitative estimate of drug-likeness (QED) is 0.513. The Hall–Kier alpha value is -2.08. The van der Waals surface area contributed by atoms with E-state index in [0.717, 1.165) is 24.8 Å². The predicted molar refractivity (Wildman–Crippen MR) is 109 cm³/mol. The molecule has 0 radical (unpaired) electrons. The summed E-state index contributed by atoms with van der Waals surface area (Å²) in [5.41, 5.74) is 1.64. The van der Waals surface area contributed by atoms with Gasteiger partial charge in [0.05, 0.1) is 18.6 Å². The lowest BCUT2D eigenvalue weighted by Gasteiger charge is -2.60. The monoisotopic (exact) mass is 416 g/mol. The molecule has 2 aliphatic carbocycles. The van der Waals surface area contributed by atoms with Gasteiger partial charge < -0.3 is 18.6 Å². The molecule has 0 N–H and O–H groups in total. The number of hydrogen-bond acceptors (Lipinski definition) is 6. The molecule has 6 nitrogen and oxygen atoms in total. The molecule has 1 aromatic heterocycles. The van der Waals surface area contributed by atoms with Crippen molar-refractivity contribution in [3.63, 3.8) is 0 Å². The maximum absolute atomic E-state index is 12.1. The maximum atomic E-state index is 12.1. The van der Waals surface area contributed by atoms with Crippen molar-refractivity contribution >= 4 is 11.9 Å². The van der Waals surface area contributed by atoms with Crippen molar-refractivity contribution < 1.29 is 28.2 Å². The highest BCUT2D eigenvalue weighted by Crippen LogP contribution is 2.67. The lowest BCUT2D eigenvalue weighted by atomic mass is 9.45. The van der Waals surface area contributed by atoms with E-state index < -0.39 is 11.7 Å². The summed E-state index contributed by atoms with van der Waals surface area (Å²) in [6, 6.07) is 1.90. The molecule has 30 heavy (non-hydrogen) atoms. The van der Waals surface area contributed by atoms with Crippen LogP contribution in [0.25, 0.3) is 0 Å². The Morgan fingerprint density at radius 2 is 1.90 bits per heavy atom. The molecule has 0 aromatic carbocycles. The van der Waals surface area contributed by atoms with Crippen LogP contribution in [0.15, 0.2) is 34.7 Å². The molecular formula is C24H32O6. The molecule has 7 unspecified atom stereocenters. The second-order valence-corrected chi connectivity index (χ2v) is 9.51. The summed E-state index contributed by atoms with van der Waals surface area (Å²) in [5.74, 6) is -0.417. The topological polar surface area (TPSA) is 75.0 Å². The summed E-state index contributed by atoms with van der Waals surface area (Å²) in [7, 11) is 0. The number of fused-ring (bicyclic) bond motifs is 2. The Labute approximate surface area is 177 Å². The summed E-state index contributed by atoms with van der Waals surface area (Å²) in [6.07, 6.45) is 7.87. The van der Waals surface area contributed by atoms with Crippen molar-refractivity contribution in [1.82, 2.24) is 0 Å². The van der Waals surface area contributed by atoms with Gasteiger partial charge in [0.2, 0.25) is 6.29 Å². The first-order chi connectivity index (χ1) is 14.2. The second-order valence-electron chi connectivity index (χ2n) is 9.51. The van der Waals surface area contributed by atoms with Gasteiger partial charge in [-0.05, 0) is 50.0 Å². The van der Waals surface area contributed by atoms with E-state index in [9.17, 15) is 9.59 Å². The van der Waals surface area contributed by atoms with Crippen LogP contribution in [0.2, 0.25) is 0 Å². The fourth-order valence-corrected chi connectivity index (χ4v) is 6.46. The molecule has 1 saturated heterocycles. The third-order valence-electron chi connectivity index (χ3n) is 8.03. The average molecular weight is 417 g/mol. The van der Waals surface area contributed by atoms with Crippen LogP contribution in [0.4, 0.5) is 0 Å². The largest absolute Gasteiger partial charge is 0.472 e. The van der Waals surface area contributed by atoms with E-state index in [2.05, 4.69) is 26.8 Å². The molecule has 1 saturated carbocycles. The van der Waals surface area contributed by atoms with Crippen molar-refractivity contribution in [2.75, 3.05) is 0 Å². The summed E-state index contributed by atoms with van der Waals surface area (Å²) in [5, 5.41) is 0. The molecule has 7 atom stereocenters. The Kier molecular flexibility index (Phi) is 5.33. The van der Waals surface area contributed by atoms with Crippen molar-refractivity contribution in [1.29, 1.82) is 0 Å². The minimum Gasteiger partial charge on any atom is -0.472 e. The zero-order valence-corrected chi connectivity index (χ0v) is 18.5.